The maximum Gasteiger partial charge on any atom is 0.241 e. The average molecular weight is 331 g/mol. The van der Waals surface area contributed by atoms with Crippen LogP contribution in [0, 0.1) is 11.3 Å². The largest absolute Gasteiger partial charge is 0.325 e. The summed E-state index contributed by atoms with van der Waals surface area (Å²) in [4.78, 5) is 14.7. The molecule has 0 fully saturated rings. The van der Waals surface area contributed by atoms with E-state index < -0.39 is 0 Å². The first-order chi connectivity index (χ1) is 12.2. The van der Waals surface area contributed by atoms with Crippen molar-refractivity contribution in [2.75, 3.05) is 18.4 Å². The molecule has 1 atom stereocenters. The second-order valence-electron chi connectivity index (χ2n) is 6.19. The molecule has 1 amide bonds. The van der Waals surface area contributed by atoms with Crippen molar-refractivity contribution in [1.82, 2.24) is 4.90 Å². The molecule has 2 aromatic carbocycles. The van der Waals surface area contributed by atoms with Crippen LogP contribution in [-0.2, 0) is 4.79 Å². The van der Waals surface area contributed by atoms with Crippen LogP contribution in [0.3, 0.4) is 0 Å². The molecule has 1 N–H and O–H groups in total. The number of nitrogens with zero attached hydrogens (tertiary/aromatic N) is 2. The number of benzene rings is 2. The maximum atomic E-state index is 12.5. The van der Waals surface area contributed by atoms with Gasteiger partial charge in [0.05, 0.1) is 17.7 Å². The average Bonchev–Trinajstić information content (AvgIpc) is 2.69. The van der Waals surface area contributed by atoms with Crippen LogP contribution in [0.25, 0.3) is 5.57 Å². The van der Waals surface area contributed by atoms with Crippen molar-refractivity contribution < 1.29 is 4.79 Å². The van der Waals surface area contributed by atoms with E-state index in [1.807, 2.05) is 13.0 Å². The highest BCUT2D eigenvalue weighted by molar-refractivity contribution is 5.94. The van der Waals surface area contributed by atoms with Crippen molar-refractivity contribution in [1.29, 1.82) is 5.26 Å². The molecule has 1 aliphatic rings. The van der Waals surface area contributed by atoms with Crippen LogP contribution in [0.2, 0.25) is 0 Å². The molecule has 0 radical (unpaired) electrons. The van der Waals surface area contributed by atoms with E-state index in [9.17, 15) is 4.79 Å². The summed E-state index contributed by atoms with van der Waals surface area (Å²) in [5.41, 5.74) is 3.91. The fraction of sp³-hybridized carbons (Fsp3) is 0.238. The number of carbonyl (C=O) groups excluding carboxylic acids is 1. The highest BCUT2D eigenvalue weighted by Crippen LogP contribution is 2.23. The number of rotatable bonds is 4. The summed E-state index contributed by atoms with van der Waals surface area (Å²) < 4.78 is 0. The fourth-order valence-electron chi connectivity index (χ4n) is 2.99. The van der Waals surface area contributed by atoms with Gasteiger partial charge in [0.2, 0.25) is 5.91 Å². The van der Waals surface area contributed by atoms with Gasteiger partial charge in [-0.15, -0.1) is 0 Å². The quantitative estimate of drug-likeness (QED) is 0.930. The van der Waals surface area contributed by atoms with E-state index in [0.29, 0.717) is 11.3 Å². The summed E-state index contributed by atoms with van der Waals surface area (Å²) in [6, 6.07) is 19.2. The number of nitriles is 1. The Morgan fingerprint density at radius 1 is 1.16 bits per heavy atom. The van der Waals surface area contributed by atoms with E-state index in [2.05, 4.69) is 46.6 Å². The Bertz CT molecular complexity index is 803. The monoisotopic (exact) mass is 331 g/mol. The second-order valence-corrected chi connectivity index (χ2v) is 6.19. The molecular formula is C21H21N3O. The lowest BCUT2D eigenvalue weighted by Crippen LogP contribution is -2.44. The lowest BCUT2D eigenvalue weighted by molar-refractivity contribution is -0.120. The van der Waals surface area contributed by atoms with Gasteiger partial charge in [-0.1, -0.05) is 36.4 Å². The number of amides is 1. The predicted molar refractivity (Wildman–Crippen MR) is 99.9 cm³/mol. The van der Waals surface area contributed by atoms with E-state index in [-0.39, 0.29) is 11.9 Å². The van der Waals surface area contributed by atoms with Crippen LogP contribution in [-0.4, -0.2) is 29.9 Å². The summed E-state index contributed by atoms with van der Waals surface area (Å²) in [5, 5.41) is 11.7. The van der Waals surface area contributed by atoms with E-state index >= 15 is 0 Å². The van der Waals surface area contributed by atoms with Gasteiger partial charge in [0.15, 0.2) is 0 Å². The van der Waals surface area contributed by atoms with Crippen molar-refractivity contribution in [3.8, 4) is 6.07 Å². The number of carbonyl (C=O) groups is 1. The number of hydrogen-bond acceptors (Lipinski definition) is 3. The van der Waals surface area contributed by atoms with Crippen LogP contribution in [0.15, 0.2) is 60.7 Å². The van der Waals surface area contributed by atoms with Crippen molar-refractivity contribution >= 4 is 17.2 Å². The molecule has 0 aliphatic carbocycles. The maximum absolute atomic E-state index is 12.5. The minimum atomic E-state index is -0.204. The zero-order valence-corrected chi connectivity index (χ0v) is 14.3. The molecule has 0 bridgehead atoms. The van der Waals surface area contributed by atoms with Gasteiger partial charge in [-0.3, -0.25) is 9.69 Å². The summed E-state index contributed by atoms with van der Waals surface area (Å²) in [5.74, 6) is -0.0266. The zero-order chi connectivity index (χ0) is 17.6. The van der Waals surface area contributed by atoms with Crippen LogP contribution in [0.1, 0.15) is 24.5 Å². The SMILES string of the molecule is C[C@H](C(=O)Nc1ccc(C#N)cc1)N1CC=C(c2ccccc2)CC1. The molecular weight excluding hydrogens is 310 g/mol. The minimum absolute atomic E-state index is 0.0266. The molecule has 0 spiro atoms. The molecule has 2 aromatic rings. The Balaban J connectivity index is 1.59. The summed E-state index contributed by atoms with van der Waals surface area (Å²) in [7, 11) is 0. The number of anilines is 1. The van der Waals surface area contributed by atoms with E-state index in [1.165, 1.54) is 11.1 Å². The van der Waals surface area contributed by atoms with Crippen LogP contribution >= 0.6 is 0 Å². The second kappa shape index (κ2) is 7.78. The molecule has 0 saturated carbocycles. The van der Waals surface area contributed by atoms with Gasteiger partial charge in [-0.25, -0.2) is 0 Å². The number of hydrogen-bond donors (Lipinski definition) is 1. The van der Waals surface area contributed by atoms with Crippen molar-refractivity contribution in [3.05, 3.63) is 71.8 Å². The molecule has 3 rings (SSSR count). The number of nitrogens with one attached hydrogen (secondary N) is 1. The molecule has 25 heavy (non-hydrogen) atoms. The minimum Gasteiger partial charge on any atom is -0.325 e. The Hall–Kier alpha value is -2.90. The summed E-state index contributed by atoms with van der Waals surface area (Å²) >= 11 is 0. The first-order valence-corrected chi connectivity index (χ1v) is 8.47. The smallest absolute Gasteiger partial charge is 0.241 e. The summed E-state index contributed by atoms with van der Waals surface area (Å²) in [6.45, 7) is 3.56. The molecule has 126 valence electrons. The van der Waals surface area contributed by atoms with Gasteiger partial charge in [0.25, 0.3) is 0 Å². The van der Waals surface area contributed by atoms with Gasteiger partial charge in [0, 0.05) is 18.8 Å². The highest BCUT2D eigenvalue weighted by atomic mass is 16.2. The third-order valence-corrected chi connectivity index (χ3v) is 4.59. The van der Waals surface area contributed by atoms with Crippen molar-refractivity contribution in [2.24, 2.45) is 0 Å². The normalized spacial score (nSPS) is 15.8. The van der Waals surface area contributed by atoms with Crippen LogP contribution < -0.4 is 5.32 Å². The summed E-state index contributed by atoms with van der Waals surface area (Å²) in [6.07, 6.45) is 3.16. The fourth-order valence-corrected chi connectivity index (χ4v) is 2.99. The first-order valence-electron chi connectivity index (χ1n) is 8.47. The predicted octanol–water partition coefficient (Wildman–Crippen LogP) is 3.67. The highest BCUT2D eigenvalue weighted by Gasteiger charge is 2.23. The zero-order valence-electron chi connectivity index (χ0n) is 14.3. The van der Waals surface area contributed by atoms with Crippen LogP contribution in [0.4, 0.5) is 5.69 Å². The van der Waals surface area contributed by atoms with Gasteiger partial charge in [-0.05, 0) is 48.7 Å². The van der Waals surface area contributed by atoms with Crippen molar-refractivity contribution in [3.63, 3.8) is 0 Å². The Morgan fingerprint density at radius 3 is 2.48 bits per heavy atom. The lowest BCUT2D eigenvalue weighted by atomic mass is 9.99. The van der Waals surface area contributed by atoms with Crippen LogP contribution in [0.5, 0.6) is 0 Å². The standard InChI is InChI=1S/C21H21N3O/c1-16(21(25)23-20-9-7-17(15-22)8-10-20)24-13-11-19(12-14-24)18-5-3-2-4-6-18/h2-11,16H,12-14H2,1H3,(H,23,25)/t16-/m1/s1. The van der Waals surface area contributed by atoms with E-state index in [4.69, 9.17) is 5.26 Å². The lowest BCUT2D eigenvalue weighted by Gasteiger charge is -2.31. The van der Waals surface area contributed by atoms with Gasteiger partial charge in [0.1, 0.15) is 0 Å². The molecule has 1 aliphatic heterocycles. The molecule has 1 heterocycles. The Labute approximate surface area is 148 Å². The van der Waals surface area contributed by atoms with E-state index in [0.717, 1.165) is 19.5 Å². The van der Waals surface area contributed by atoms with Gasteiger partial charge >= 0.3 is 0 Å². The Morgan fingerprint density at radius 2 is 1.88 bits per heavy atom. The van der Waals surface area contributed by atoms with Gasteiger partial charge < -0.3 is 5.32 Å². The third kappa shape index (κ3) is 4.14. The van der Waals surface area contributed by atoms with Gasteiger partial charge in [-0.2, -0.15) is 5.26 Å². The third-order valence-electron chi connectivity index (χ3n) is 4.59. The molecule has 4 heteroatoms. The molecule has 0 unspecified atom stereocenters. The molecule has 0 saturated heterocycles. The van der Waals surface area contributed by atoms with Crippen molar-refractivity contribution in [2.45, 2.75) is 19.4 Å². The molecule has 0 aromatic heterocycles. The first kappa shape index (κ1) is 16.9. The topological polar surface area (TPSA) is 56.1 Å². The molecule has 4 nitrogen and oxygen atoms in total. The Kier molecular flexibility index (Phi) is 5.27. The van der Waals surface area contributed by atoms with E-state index in [1.54, 1.807) is 24.3 Å².